The molecule has 1 aliphatic rings. The van der Waals surface area contributed by atoms with Crippen LogP contribution in [0, 0.1) is 5.92 Å². The van der Waals surface area contributed by atoms with E-state index in [0.717, 1.165) is 17.7 Å². The number of benzene rings is 1. The van der Waals surface area contributed by atoms with Crippen LogP contribution in [0.5, 0.6) is 0 Å². The molecule has 1 aromatic rings. The Morgan fingerprint density at radius 3 is 2.55 bits per heavy atom. The van der Waals surface area contributed by atoms with Crippen molar-refractivity contribution in [1.82, 2.24) is 5.32 Å². The van der Waals surface area contributed by atoms with Crippen LogP contribution < -0.4 is 10.2 Å². The second-order valence-corrected chi connectivity index (χ2v) is 5.77. The predicted octanol–water partition coefficient (Wildman–Crippen LogP) is 2.37. The van der Waals surface area contributed by atoms with Gasteiger partial charge in [-0.2, -0.15) is 0 Å². The van der Waals surface area contributed by atoms with Crippen molar-refractivity contribution in [3.8, 4) is 0 Å². The molecule has 0 unspecified atom stereocenters. The van der Waals surface area contributed by atoms with Gasteiger partial charge >= 0.3 is 0 Å². The first-order chi connectivity index (χ1) is 9.40. The summed E-state index contributed by atoms with van der Waals surface area (Å²) >= 11 is 0. The van der Waals surface area contributed by atoms with Crippen molar-refractivity contribution >= 4 is 17.5 Å². The minimum atomic E-state index is -0.0460. The predicted molar refractivity (Wildman–Crippen MR) is 79.9 cm³/mol. The lowest BCUT2D eigenvalue weighted by molar-refractivity contribution is -0.116. The molecule has 1 N–H and O–H groups in total. The van der Waals surface area contributed by atoms with Crippen molar-refractivity contribution in [2.45, 2.75) is 40.2 Å². The van der Waals surface area contributed by atoms with Crippen LogP contribution in [0.3, 0.4) is 0 Å². The largest absolute Gasteiger partial charge is 0.349 e. The summed E-state index contributed by atoms with van der Waals surface area (Å²) in [6.07, 6.45) is 0.815. The number of rotatable bonds is 3. The minimum absolute atomic E-state index is 0.0460. The molecular weight excluding hydrogens is 252 g/mol. The molecule has 20 heavy (non-hydrogen) atoms. The summed E-state index contributed by atoms with van der Waals surface area (Å²) in [5.41, 5.74) is 2.68. The van der Waals surface area contributed by atoms with E-state index < -0.39 is 0 Å². The lowest BCUT2D eigenvalue weighted by Gasteiger charge is -2.18. The fraction of sp³-hybridized carbons (Fsp3) is 0.500. The van der Waals surface area contributed by atoms with Crippen LogP contribution in [-0.4, -0.2) is 24.4 Å². The van der Waals surface area contributed by atoms with Gasteiger partial charge in [0, 0.05) is 30.8 Å². The molecule has 0 spiro atoms. The lowest BCUT2D eigenvalue weighted by Crippen LogP contribution is -2.36. The van der Waals surface area contributed by atoms with Gasteiger partial charge in [-0.3, -0.25) is 9.59 Å². The number of hydrogen-bond acceptors (Lipinski definition) is 2. The number of carbonyl (C=O) groups is 2. The van der Waals surface area contributed by atoms with Crippen molar-refractivity contribution in [2.75, 3.05) is 11.4 Å². The fourth-order valence-corrected chi connectivity index (χ4v) is 2.33. The molecule has 1 aliphatic heterocycles. The molecule has 4 nitrogen and oxygen atoms in total. The second-order valence-electron chi connectivity index (χ2n) is 5.77. The molecule has 0 bridgehead atoms. The third-order valence-corrected chi connectivity index (χ3v) is 3.98. The molecule has 1 atom stereocenters. The molecule has 0 saturated heterocycles. The highest BCUT2D eigenvalue weighted by atomic mass is 16.2. The van der Waals surface area contributed by atoms with Gasteiger partial charge in [-0.1, -0.05) is 13.8 Å². The number of carbonyl (C=O) groups excluding carboxylic acids is 2. The summed E-state index contributed by atoms with van der Waals surface area (Å²) in [4.78, 5) is 25.4. The van der Waals surface area contributed by atoms with E-state index >= 15 is 0 Å². The molecule has 1 aromatic carbocycles. The number of nitrogens with one attached hydrogen (secondary N) is 1. The van der Waals surface area contributed by atoms with Gasteiger partial charge in [0.25, 0.3) is 5.91 Å². The summed E-state index contributed by atoms with van der Waals surface area (Å²) in [6, 6.07) is 5.71. The third-order valence-electron chi connectivity index (χ3n) is 3.98. The highest BCUT2D eigenvalue weighted by Gasteiger charge is 2.23. The van der Waals surface area contributed by atoms with Crippen LogP contribution in [0.1, 0.15) is 43.6 Å². The lowest BCUT2D eigenvalue weighted by atomic mass is 10.0. The summed E-state index contributed by atoms with van der Waals surface area (Å²) in [7, 11) is 0. The second kappa shape index (κ2) is 5.65. The Kier molecular flexibility index (Phi) is 4.12. The van der Waals surface area contributed by atoms with Crippen LogP contribution in [-0.2, 0) is 11.2 Å². The van der Waals surface area contributed by atoms with Crippen LogP contribution in [0.15, 0.2) is 18.2 Å². The summed E-state index contributed by atoms with van der Waals surface area (Å²) in [6.45, 7) is 8.45. The van der Waals surface area contributed by atoms with Gasteiger partial charge in [-0.05, 0) is 43.0 Å². The van der Waals surface area contributed by atoms with Gasteiger partial charge in [-0.15, -0.1) is 0 Å². The molecule has 0 fully saturated rings. The first-order valence-electron chi connectivity index (χ1n) is 7.12. The van der Waals surface area contributed by atoms with Gasteiger partial charge < -0.3 is 10.2 Å². The number of amides is 2. The molecule has 1 heterocycles. The van der Waals surface area contributed by atoms with Gasteiger partial charge in [-0.25, -0.2) is 0 Å². The van der Waals surface area contributed by atoms with E-state index in [9.17, 15) is 9.59 Å². The molecule has 0 saturated carbocycles. The highest BCUT2D eigenvalue weighted by molar-refractivity contribution is 5.97. The third kappa shape index (κ3) is 2.84. The first-order valence-corrected chi connectivity index (χ1v) is 7.12. The van der Waals surface area contributed by atoms with Crippen molar-refractivity contribution in [2.24, 2.45) is 5.92 Å². The van der Waals surface area contributed by atoms with Crippen molar-refractivity contribution < 1.29 is 9.59 Å². The maximum Gasteiger partial charge on any atom is 0.251 e. The molecular formula is C16H22N2O2. The van der Waals surface area contributed by atoms with E-state index in [1.165, 1.54) is 0 Å². The Morgan fingerprint density at radius 1 is 1.25 bits per heavy atom. The Balaban J connectivity index is 2.17. The van der Waals surface area contributed by atoms with Gasteiger partial charge in [0.15, 0.2) is 0 Å². The molecule has 0 aromatic heterocycles. The number of fused-ring (bicyclic) bond motifs is 1. The molecule has 0 aliphatic carbocycles. The molecule has 4 heteroatoms. The standard InChI is InChI=1S/C16H22N2O2/c1-10(2)11(3)17-16(20)14-5-6-15-13(9-14)7-8-18(15)12(4)19/h5-6,9-11H,7-8H2,1-4H3,(H,17,20)/t11-/m0/s1. The average Bonchev–Trinajstić information content (AvgIpc) is 2.81. The maximum absolute atomic E-state index is 12.2. The molecule has 0 radical (unpaired) electrons. The summed E-state index contributed by atoms with van der Waals surface area (Å²) < 4.78 is 0. The van der Waals surface area contributed by atoms with Crippen molar-refractivity contribution in [3.05, 3.63) is 29.3 Å². The summed E-state index contributed by atoms with van der Waals surface area (Å²) in [5.74, 6) is 0.409. The van der Waals surface area contributed by atoms with E-state index in [4.69, 9.17) is 0 Å². The van der Waals surface area contributed by atoms with E-state index in [2.05, 4.69) is 19.2 Å². The Morgan fingerprint density at radius 2 is 1.95 bits per heavy atom. The van der Waals surface area contributed by atoms with E-state index in [-0.39, 0.29) is 17.9 Å². The first kappa shape index (κ1) is 14.6. The summed E-state index contributed by atoms with van der Waals surface area (Å²) in [5, 5.41) is 3.00. The fourth-order valence-electron chi connectivity index (χ4n) is 2.33. The Bertz CT molecular complexity index is 537. The highest BCUT2D eigenvalue weighted by Crippen LogP contribution is 2.28. The molecule has 2 amide bonds. The van der Waals surface area contributed by atoms with Crippen LogP contribution in [0.2, 0.25) is 0 Å². The number of anilines is 1. The zero-order chi connectivity index (χ0) is 14.9. The Labute approximate surface area is 120 Å². The quantitative estimate of drug-likeness (QED) is 0.920. The van der Waals surface area contributed by atoms with Gasteiger partial charge in [0.2, 0.25) is 5.91 Å². The maximum atomic E-state index is 12.2. The topological polar surface area (TPSA) is 49.4 Å². The van der Waals surface area contributed by atoms with Crippen LogP contribution in [0.4, 0.5) is 5.69 Å². The monoisotopic (exact) mass is 274 g/mol. The molecule has 2 rings (SSSR count). The normalized spacial score (nSPS) is 15.2. The molecule has 108 valence electrons. The van der Waals surface area contributed by atoms with Crippen molar-refractivity contribution in [1.29, 1.82) is 0 Å². The van der Waals surface area contributed by atoms with Gasteiger partial charge in [0.05, 0.1) is 0 Å². The number of nitrogens with zero attached hydrogens (tertiary/aromatic N) is 1. The number of hydrogen-bond donors (Lipinski definition) is 1. The van der Waals surface area contributed by atoms with Crippen LogP contribution in [0.25, 0.3) is 0 Å². The smallest absolute Gasteiger partial charge is 0.251 e. The zero-order valence-electron chi connectivity index (χ0n) is 12.6. The van der Waals surface area contributed by atoms with Crippen LogP contribution >= 0.6 is 0 Å². The SMILES string of the molecule is CC(=O)N1CCc2cc(C(=O)N[C@@H](C)C(C)C)ccc21. The van der Waals surface area contributed by atoms with E-state index in [0.29, 0.717) is 18.0 Å². The minimum Gasteiger partial charge on any atom is -0.349 e. The van der Waals surface area contributed by atoms with E-state index in [1.807, 2.05) is 19.1 Å². The van der Waals surface area contributed by atoms with Gasteiger partial charge in [0.1, 0.15) is 0 Å². The van der Waals surface area contributed by atoms with E-state index in [1.54, 1.807) is 17.9 Å². The van der Waals surface area contributed by atoms with Crippen molar-refractivity contribution in [3.63, 3.8) is 0 Å². The average molecular weight is 274 g/mol. The zero-order valence-corrected chi connectivity index (χ0v) is 12.6. The Hall–Kier alpha value is -1.84.